The lowest BCUT2D eigenvalue weighted by atomic mass is 9.74. The summed E-state index contributed by atoms with van der Waals surface area (Å²) < 4.78 is 2.41. The van der Waals surface area contributed by atoms with Crippen LogP contribution in [0.25, 0.3) is 38.6 Å². The van der Waals surface area contributed by atoms with Gasteiger partial charge in [-0.3, -0.25) is 0 Å². The number of hydrogen-bond acceptors (Lipinski definition) is 2. The predicted octanol–water partition coefficient (Wildman–Crippen LogP) is 15.6. The minimum absolute atomic E-state index is 0.171. The third-order valence-electron chi connectivity index (χ3n) is 13.5. The van der Waals surface area contributed by atoms with Crippen molar-refractivity contribution >= 4 is 55.9 Å². The highest BCUT2D eigenvalue weighted by Crippen LogP contribution is 2.60. The lowest BCUT2D eigenvalue weighted by molar-refractivity contribution is 0.508. The molecule has 10 aromatic rings. The van der Waals surface area contributed by atoms with E-state index in [-0.39, 0.29) is 5.41 Å². The molecular weight excluding hydrogens is 751 g/mol. The lowest BCUT2D eigenvalue weighted by Gasteiger charge is -2.37. The fourth-order valence-electron chi connectivity index (χ4n) is 10.9. The van der Waals surface area contributed by atoms with Gasteiger partial charge in [0.25, 0.3) is 0 Å². The minimum atomic E-state index is -0.171. The molecular formula is C59H45N3. The van der Waals surface area contributed by atoms with Gasteiger partial charge in [-0.2, -0.15) is 0 Å². The molecule has 1 spiro atoms. The fourth-order valence-corrected chi connectivity index (χ4v) is 10.9. The Morgan fingerprint density at radius 2 is 0.823 bits per heavy atom. The van der Waals surface area contributed by atoms with Crippen LogP contribution in [0.1, 0.15) is 35.1 Å². The molecule has 0 saturated heterocycles. The maximum Gasteiger partial charge on any atom is 0.0542 e. The molecule has 0 aliphatic heterocycles. The van der Waals surface area contributed by atoms with E-state index in [1.165, 1.54) is 83.6 Å². The van der Waals surface area contributed by atoms with E-state index in [1.54, 1.807) is 0 Å². The third kappa shape index (κ3) is 5.80. The SMILES string of the molecule is c1ccc(-c2ccc(N(c3ccc4c(c3)c3ccccc3n4-c3ccccc3)c3cccc4c3[C@]3(CCc5cccc(N(c6ccccc6)c6ccccc6)c53)CC4)cc2)cc1. The van der Waals surface area contributed by atoms with Gasteiger partial charge < -0.3 is 14.4 Å². The molecule has 0 radical (unpaired) electrons. The van der Waals surface area contributed by atoms with E-state index in [4.69, 9.17) is 0 Å². The van der Waals surface area contributed by atoms with Crippen LogP contribution in [0.15, 0.2) is 224 Å². The van der Waals surface area contributed by atoms with Crippen molar-refractivity contribution in [3.63, 3.8) is 0 Å². The zero-order valence-electron chi connectivity index (χ0n) is 34.5. The topological polar surface area (TPSA) is 11.4 Å². The first-order valence-corrected chi connectivity index (χ1v) is 21.9. The van der Waals surface area contributed by atoms with Gasteiger partial charge in [0, 0.05) is 44.6 Å². The summed E-state index contributed by atoms with van der Waals surface area (Å²) in [5, 5.41) is 2.49. The molecule has 9 aromatic carbocycles. The van der Waals surface area contributed by atoms with Crippen molar-refractivity contribution in [1.29, 1.82) is 0 Å². The van der Waals surface area contributed by atoms with Crippen LogP contribution in [0.5, 0.6) is 0 Å². The van der Waals surface area contributed by atoms with Crippen LogP contribution in [-0.4, -0.2) is 4.57 Å². The van der Waals surface area contributed by atoms with Crippen molar-refractivity contribution in [1.82, 2.24) is 4.57 Å². The summed E-state index contributed by atoms with van der Waals surface area (Å²) in [6.45, 7) is 0. The second-order valence-electron chi connectivity index (χ2n) is 16.8. The Hall–Kier alpha value is -7.62. The summed E-state index contributed by atoms with van der Waals surface area (Å²) in [5.41, 5.74) is 18.8. The largest absolute Gasteiger partial charge is 0.310 e. The van der Waals surface area contributed by atoms with Gasteiger partial charge in [0.05, 0.1) is 22.4 Å². The van der Waals surface area contributed by atoms with E-state index >= 15 is 0 Å². The summed E-state index contributed by atoms with van der Waals surface area (Å²) in [7, 11) is 0. The zero-order valence-corrected chi connectivity index (χ0v) is 34.5. The smallest absolute Gasteiger partial charge is 0.0542 e. The first-order valence-electron chi connectivity index (χ1n) is 21.9. The molecule has 2 aliphatic rings. The number of benzene rings is 9. The van der Waals surface area contributed by atoms with Crippen LogP contribution in [0, 0.1) is 0 Å². The summed E-state index contributed by atoms with van der Waals surface area (Å²) in [5.74, 6) is 0. The summed E-state index contributed by atoms with van der Waals surface area (Å²) in [6, 6.07) is 82.6. The van der Waals surface area contributed by atoms with Gasteiger partial charge in [0.15, 0.2) is 0 Å². The maximum absolute atomic E-state index is 2.56. The Morgan fingerprint density at radius 1 is 0.355 bits per heavy atom. The third-order valence-corrected chi connectivity index (χ3v) is 13.5. The Kier molecular flexibility index (Phi) is 8.67. The van der Waals surface area contributed by atoms with Crippen molar-refractivity contribution in [3.05, 3.63) is 247 Å². The van der Waals surface area contributed by atoms with Gasteiger partial charge in [0.2, 0.25) is 0 Å². The Morgan fingerprint density at radius 3 is 1.44 bits per heavy atom. The second-order valence-corrected chi connectivity index (χ2v) is 16.8. The van der Waals surface area contributed by atoms with Crippen LogP contribution < -0.4 is 9.80 Å². The molecule has 0 N–H and O–H groups in total. The van der Waals surface area contributed by atoms with Gasteiger partial charge in [-0.15, -0.1) is 0 Å². The minimum Gasteiger partial charge on any atom is -0.310 e. The van der Waals surface area contributed by atoms with Crippen molar-refractivity contribution < 1.29 is 0 Å². The Labute approximate surface area is 363 Å². The molecule has 0 fully saturated rings. The second kappa shape index (κ2) is 14.8. The molecule has 0 saturated carbocycles. The molecule has 0 amide bonds. The number of aromatic nitrogens is 1. The van der Waals surface area contributed by atoms with Gasteiger partial charge in [-0.25, -0.2) is 0 Å². The highest BCUT2D eigenvalue weighted by Gasteiger charge is 2.49. The van der Waals surface area contributed by atoms with Crippen LogP contribution in [-0.2, 0) is 18.3 Å². The van der Waals surface area contributed by atoms with E-state index in [1.807, 2.05) is 0 Å². The molecule has 62 heavy (non-hydrogen) atoms. The number of para-hydroxylation sites is 4. The zero-order chi connectivity index (χ0) is 41.0. The van der Waals surface area contributed by atoms with Crippen molar-refractivity contribution in [2.45, 2.75) is 31.1 Å². The van der Waals surface area contributed by atoms with E-state index in [9.17, 15) is 0 Å². The fraction of sp³-hybridized carbons (Fsp3) is 0.0847. The van der Waals surface area contributed by atoms with Gasteiger partial charge in [-0.05, 0) is 144 Å². The molecule has 296 valence electrons. The number of rotatable bonds is 8. The van der Waals surface area contributed by atoms with Crippen LogP contribution in [0.2, 0.25) is 0 Å². The van der Waals surface area contributed by atoms with E-state index in [2.05, 4.69) is 239 Å². The summed E-state index contributed by atoms with van der Waals surface area (Å²) in [6.07, 6.45) is 4.24. The van der Waals surface area contributed by atoms with Crippen LogP contribution in [0.3, 0.4) is 0 Å². The molecule has 1 atom stereocenters. The predicted molar refractivity (Wildman–Crippen MR) is 259 cm³/mol. The van der Waals surface area contributed by atoms with E-state index in [0.717, 1.165) is 37.1 Å². The normalized spacial score (nSPS) is 15.2. The molecule has 3 nitrogen and oxygen atoms in total. The monoisotopic (exact) mass is 795 g/mol. The number of hydrogen-bond donors (Lipinski definition) is 0. The molecule has 0 unspecified atom stereocenters. The number of aryl methyl sites for hydroxylation is 2. The highest BCUT2D eigenvalue weighted by atomic mass is 15.2. The molecule has 1 aromatic heterocycles. The van der Waals surface area contributed by atoms with Crippen LogP contribution >= 0.6 is 0 Å². The molecule has 3 heteroatoms. The Bertz CT molecular complexity index is 3180. The van der Waals surface area contributed by atoms with Gasteiger partial charge >= 0.3 is 0 Å². The quantitative estimate of drug-likeness (QED) is 0.152. The van der Waals surface area contributed by atoms with Crippen molar-refractivity contribution in [2.75, 3.05) is 9.80 Å². The number of nitrogens with zero attached hydrogens (tertiary/aromatic N) is 3. The van der Waals surface area contributed by atoms with E-state index in [0.29, 0.717) is 0 Å². The molecule has 12 rings (SSSR count). The molecule has 2 aliphatic carbocycles. The van der Waals surface area contributed by atoms with Gasteiger partial charge in [-0.1, -0.05) is 140 Å². The molecule has 1 heterocycles. The number of fused-ring (bicyclic) bond motifs is 7. The average Bonchev–Trinajstić information content (AvgIpc) is 4.03. The maximum atomic E-state index is 2.56. The summed E-state index contributed by atoms with van der Waals surface area (Å²) >= 11 is 0. The average molecular weight is 796 g/mol. The first-order chi connectivity index (χ1) is 30.7. The summed E-state index contributed by atoms with van der Waals surface area (Å²) in [4.78, 5) is 5.05. The lowest BCUT2D eigenvalue weighted by Crippen LogP contribution is -2.27. The first kappa shape index (κ1) is 36.2. The van der Waals surface area contributed by atoms with Gasteiger partial charge in [0.1, 0.15) is 0 Å². The van der Waals surface area contributed by atoms with Crippen molar-refractivity contribution in [2.24, 2.45) is 0 Å². The standard InChI is InChI=1S/C59H45N3/c1-5-17-42(18-6-1)43-31-33-49(34-32-43)61(50-35-36-54-52(41-50)51-27-13-14-28-53(51)62(54)48-25-11-4-12-26-48)56-30-16-20-45-38-40-59(58(45)56)39-37-44-19-15-29-55(57(44)59)60(46-21-7-2-8-22-46)47-23-9-3-10-24-47/h1-36,41H,37-40H2/t59-/m1/s1. The van der Waals surface area contributed by atoms with Crippen molar-refractivity contribution in [3.8, 4) is 16.8 Å². The Balaban J connectivity index is 1.09. The van der Waals surface area contributed by atoms with E-state index < -0.39 is 0 Å². The number of anilines is 6. The highest BCUT2D eigenvalue weighted by molar-refractivity contribution is 6.10. The van der Waals surface area contributed by atoms with Crippen LogP contribution in [0.4, 0.5) is 34.1 Å². The molecule has 0 bridgehead atoms.